The van der Waals surface area contributed by atoms with Crippen LogP contribution in [0, 0.1) is 24.0 Å². The van der Waals surface area contributed by atoms with Gasteiger partial charge in [0.25, 0.3) is 0 Å². The molecule has 2 aromatic heterocycles. The largest absolute Gasteiger partial charge is 0.312 e. The summed E-state index contributed by atoms with van der Waals surface area (Å²) < 4.78 is 3.60. The number of halogens is 2. The van der Waals surface area contributed by atoms with Gasteiger partial charge in [-0.25, -0.2) is 0 Å². The molecule has 1 amide bonds. The Kier molecular flexibility index (Phi) is 5.80. The third-order valence-corrected chi connectivity index (χ3v) is 4.88. The van der Waals surface area contributed by atoms with Crippen molar-refractivity contribution in [3.63, 3.8) is 0 Å². The third-order valence-electron chi connectivity index (χ3n) is 4.05. The van der Waals surface area contributed by atoms with Gasteiger partial charge in [-0.2, -0.15) is 10.2 Å². The number of benzene rings is 1. The number of anilines is 1. The molecule has 0 aliphatic heterocycles. The molecule has 1 N–H and O–H groups in total. The van der Waals surface area contributed by atoms with Crippen molar-refractivity contribution in [3.05, 3.63) is 67.0 Å². The number of hydrogen-bond donors (Lipinski definition) is 1. The molecule has 1 aromatic carbocycles. The number of nitrogens with zero attached hydrogens (tertiary/aromatic N) is 5. The maximum Gasteiger partial charge on any atom is 0.312 e. The van der Waals surface area contributed by atoms with Crippen molar-refractivity contribution in [2.75, 3.05) is 5.32 Å². The normalized spacial score (nSPS) is 10.9. The van der Waals surface area contributed by atoms with Gasteiger partial charge in [0.2, 0.25) is 5.91 Å². The fourth-order valence-corrected chi connectivity index (χ4v) is 3.29. The molecular weight excluding hydrogens is 452 g/mol. The number of nitrogens with one attached hydrogen (secondary N) is 1. The van der Waals surface area contributed by atoms with Crippen LogP contribution in [0.2, 0.25) is 5.02 Å². The number of rotatable bonds is 6. The summed E-state index contributed by atoms with van der Waals surface area (Å²) in [4.78, 5) is 22.9. The number of aromatic nitrogens is 4. The Morgan fingerprint density at radius 3 is 2.57 bits per heavy atom. The Balaban J connectivity index is 1.69. The lowest BCUT2D eigenvalue weighted by Gasteiger charge is -2.05. The number of nitro groups is 1. The summed E-state index contributed by atoms with van der Waals surface area (Å²) >= 11 is 9.26. The summed E-state index contributed by atoms with van der Waals surface area (Å²) in [6, 6.07) is 7.38. The minimum absolute atomic E-state index is 0.0822. The van der Waals surface area contributed by atoms with Crippen LogP contribution in [-0.4, -0.2) is 30.4 Å². The molecule has 0 spiro atoms. The number of amides is 1. The SMILES string of the molecule is Cc1nn(CC(=O)Nc2nn(Cc3ccc(Cl)cc3)cc2Br)c(C)c1[N+](=O)[O-]. The first-order valence-corrected chi connectivity index (χ1v) is 9.37. The van der Waals surface area contributed by atoms with Gasteiger partial charge in [-0.3, -0.25) is 24.3 Å². The van der Waals surface area contributed by atoms with Crippen molar-refractivity contribution in [3.8, 4) is 0 Å². The smallest absolute Gasteiger partial charge is 0.307 e. The number of hydrogen-bond acceptors (Lipinski definition) is 5. The van der Waals surface area contributed by atoms with Crippen molar-refractivity contribution in [1.82, 2.24) is 19.6 Å². The highest BCUT2D eigenvalue weighted by molar-refractivity contribution is 9.10. The van der Waals surface area contributed by atoms with Crippen LogP contribution in [0.1, 0.15) is 17.0 Å². The van der Waals surface area contributed by atoms with Crippen LogP contribution in [0.3, 0.4) is 0 Å². The zero-order valence-electron chi connectivity index (χ0n) is 15.0. The Morgan fingerprint density at radius 2 is 1.96 bits per heavy atom. The van der Waals surface area contributed by atoms with E-state index < -0.39 is 10.8 Å². The highest BCUT2D eigenvalue weighted by Crippen LogP contribution is 2.23. The second kappa shape index (κ2) is 8.11. The van der Waals surface area contributed by atoms with E-state index in [2.05, 4.69) is 31.4 Å². The van der Waals surface area contributed by atoms with Gasteiger partial charge >= 0.3 is 5.69 Å². The van der Waals surface area contributed by atoms with Gasteiger partial charge in [-0.15, -0.1) is 0 Å². The maximum absolute atomic E-state index is 12.4. The summed E-state index contributed by atoms with van der Waals surface area (Å²) in [5.41, 5.74) is 1.52. The summed E-state index contributed by atoms with van der Waals surface area (Å²) in [5.74, 6) is -0.0343. The fraction of sp³-hybridized carbons (Fsp3) is 0.235. The summed E-state index contributed by atoms with van der Waals surface area (Å²) in [6.07, 6.45) is 1.75. The average Bonchev–Trinajstić information content (AvgIpc) is 3.08. The van der Waals surface area contributed by atoms with E-state index >= 15 is 0 Å². The van der Waals surface area contributed by atoms with Crippen molar-refractivity contribution < 1.29 is 9.72 Å². The number of aryl methyl sites for hydroxylation is 1. The van der Waals surface area contributed by atoms with Crippen LogP contribution in [-0.2, 0) is 17.9 Å². The number of carbonyl (C=O) groups is 1. The van der Waals surface area contributed by atoms with E-state index in [9.17, 15) is 14.9 Å². The van der Waals surface area contributed by atoms with E-state index in [0.717, 1.165) is 5.56 Å². The fourth-order valence-electron chi connectivity index (χ4n) is 2.75. The quantitative estimate of drug-likeness (QED) is 0.439. The van der Waals surface area contributed by atoms with Crippen molar-refractivity contribution >= 4 is 44.9 Å². The third kappa shape index (κ3) is 4.39. The average molecular weight is 468 g/mol. The lowest BCUT2D eigenvalue weighted by molar-refractivity contribution is -0.386. The predicted octanol–water partition coefficient (Wildman–Crippen LogP) is 3.71. The zero-order chi connectivity index (χ0) is 20.4. The van der Waals surface area contributed by atoms with Gasteiger partial charge in [0, 0.05) is 11.2 Å². The predicted molar refractivity (Wildman–Crippen MR) is 107 cm³/mol. The molecule has 0 atom stereocenters. The summed E-state index contributed by atoms with van der Waals surface area (Å²) in [6.45, 7) is 3.45. The molecule has 0 fully saturated rings. The molecule has 0 bridgehead atoms. The van der Waals surface area contributed by atoms with Gasteiger partial charge in [0.1, 0.15) is 17.9 Å². The molecule has 146 valence electrons. The molecule has 9 nitrogen and oxygen atoms in total. The second-order valence-corrected chi connectivity index (χ2v) is 7.42. The van der Waals surface area contributed by atoms with E-state index in [1.54, 1.807) is 29.9 Å². The Labute approximate surface area is 173 Å². The lowest BCUT2D eigenvalue weighted by Crippen LogP contribution is -2.21. The number of carbonyl (C=O) groups excluding carboxylic acids is 1. The topological polar surface area (TPSA) is 108 Å². The highest BCUT2D eigenvalue weighted by Gasteiger charge is 2.23. The van der Waals surface area contributed by atoms with E-state index in [0.29, 0.717) is 27.6 Å². The highest BCUT2D eigenvalue weighted by atomic mass is 79.9. The first-order chi connectivity index (χ1) is 13.2. The lowest BCUT2D eigenvalue weighted by atomic mass is 10.2. The van der Waals surface area contributed by atoms with Gasteiger partial charge in [-0.1, -0.05) is 23.7 Å². The first kappa shape index (κ1) is 20.0. The molecule has 0 saturated carbocycles. The molecule has 3 aromatic rings. The second-order valence-electron chi connectivity index (χ2n) is 6.13. The van der Waals surface area contributed by atoms with Gasteiger partial charge in [0.15, 0.2) is 5.82 Å². The zero-order valence-corrected chi connectivity index (χ0v) is 17.4. The Bertz CT molecular complexity index is 1040. The van der Waals surface area contributed by atoms with Gasteiger partial charge in [0.05, 0.1) is 15.9 Å². The molecule has 0 saturated heterocycles. The first-order valence-electron chi connectivity index (χ1n) is 8.20. The molecule has 0 aliphatic rings. The van der Waals surface area contributed by atoms with E-state index in [4.69, 9.17) is 11.6 Å². The van der Waals surface area contributed by atoms with E-state index in [1.807, 2.05) is 12.1 Å². The van der Waals surface area contributed by atoms with Gasteiger partial charge in [-0.05, 0) is 47.5 Å². The van der Waals surface area contributed by atoms with E-state index in [-0.39, 0.29) is 17.9 Å². The van der Waals surface area contributed by atoms with Crippen LogP contribution >= 0.6 is 27.5 Å². The summed E-state index contributed by atoms with van der Waals surface area (Å²) in [7, 11) is 0. The van der Waals surface area contributed by atoms with Crippen molar-refractivity contribution in [2.45, 2.75) is 26.9 Å². The minimum Gasteiger partial charge on any atom is -0.307 e. The minimum atomic E-state index is -0.499. The molecule has 0 aliphatic carbocycles. The molecule has 2 heterocycles. The summed E-state index contributed by atoms with van der Waals surface area (Å²) in [5, 5.41) is 22.8. The van der Waals surface area contributed by atoms with Crippen molar-refractivity contribution in [1.29, 1.82) is 0 Å². The van der Waals surface area contributed by atoms with Crippen LogP contribution in [0.5, 0.6) is 0 Å². The van der Waals surface area contributed by atoms with Crippen LogP contribution < -0.4 is 5.32 Å². The Hall–Kier alpha value is -2.72. The molecule has 0 unspecified atom stereocenters. The monoisotopic (exact) mass is 466 g/mol. The van der Waals surface area contributed by atoms with E-state index in [1.165, 1.54) is 11.6 Å². The maximum atomic E-state index is 12.4. The standard InChI is InChI=1S/C17H16BrClN6O3/c1-10-16(25(27)28)11(2)24(21-10)9-15(26)20-17-14(18)8-23(22-17)7-12-3-5-13(19)6-4-12/h3-6,8H,7,9H2,1-2H3,(H,20,22,26). The van der Waals surface area contributed by atoms with Gasteiger partial charge < -0.3 is 5.32 Å². The van der Waals surface area contributed by atoms with Crippen LogP contribution in [0.15, 0.2) is 34.9 Å². The molecule has 11 heteroatoms. The molecule has 28 heavy (non-hydrogen) atoms. The molecular formula is C17H16BrClN6O3. The Morgan fingerprint density at radius 1 is 1.29 bits per heavy atom. The van der Waals surface area contributed by atoms with Crippen molar-refractivity contribution in [2.24, 2.45) is 0 Å². The van der Waals surface area contributed by atoms with Crippen LogP contribution in [0.4, 0.5) is 11.5 Å². The van der Waals surface area contributed by atoms with Crippen LogP contribution in [0.25, 0.3) is 0 Å². The molecule has 3 rings (SSSR count). The molecule has 0 radical (unpaired) electrons.